The van der Waals surface area contributed by atoms with E-state index in [4.69, 9.17) is 25.5 Å². The van der Waals surface area contributed by atoms with Crippen LogP contribution in [0.1, 0.15) is 53.2 Å². The molecule has 0 saturated heterocycles. The lowest BCUT2D eigenvalue weighted by Crippen LogP contribution is -2.32. The Bertz CT molecular complexity index is 1250. The van der Waals surface area contributed by atoms with Gasteiger partial charge in [0.1, 0.15) is 11.3 Å². The second-order valence-corrected chi connectivity index (χ2v) is 8.66. The molecule has 1 aromatic heterocycles. The van der Waals surface area contributed by atoms with E-state index >= 15 is 0 Å². The molecule has 0 atom stereocenters. The summed E-state index contributed by atoms with van der Waals surface area (Å²) in [5.74, 6) is 0.233. The molecular formula is C25H24ClNO5. The first-order valence-electron chi connectivity index (χ1n) is 11.0. The summed E-state index contributed by atoms with van der Waals surface area (Å²) >= 11 is 6.58. The average molecular weight is 454 g/mol. The summed E-state index contributed by atoms with van der Waals surface area (Å²) in [5.41, 5.74) is 4.29. The number of rotatable bonds is 4. The second-order valence-electron chi connectivity index (χ2n) is 8.25. The first-order chi connectivity index (χ1) is 15.6. The van der Waals surface area contributed by atoms with Crippen molar-refractivity contribution in [2.45, 2.75) is 45.6 Å². The van der Waals surface area contributed by atoms with Gasteiger partial charge in [-0.3, -0.25) is 0 Å². The first-order valence-corrected chi connectivity index (χ1v) is 11.4. The van der Waals surface area contributed by atoms with E-state index in [0.717, 1.165) is 59.9 Å². The van der Waals surface area contributed by atoms with Gasteiger partial charge in [-0.25, -0.2) is 9.59 Å². The molecule has 0 radical (unpaired) electrons. The fraction of sp³-hybridized carbons (Fsp3) is 0.360. The van der Waals surface area contributed by atoms with Crippen molar-refractivity contribution in [1.29, 1.82) is 0 Å². The molecule has 166 valence electrons. The summed E-state index contributed by atoms with van der Waals surface area (Å²) in [7, 11) is 0. The summed E-state index contributed by atoms with van der Waals surface area (Å²) in [4.78, 5) is 26.8. The van der Waals surface area contributed by atoms with Gasteiger partial charge in [0.2, 0.25) is 0 Å². The molecule has 0 fully saturated rings. The average Bonchev–Trinajstić information content (AvgIpc) is 2.83. The maximum Gasteiger partial charge on any atom is 0.339 e. The molecule has 2 aromatic carbocycles. The number of hydrogen-bond donors (Lipinski definition) is 0. The van der Waals surface area contributed by atoms with Crippen molar-refractivity contribution in [1.82, 2.24) is 0 Å². The minimum absolute atomic E-state index is 0.260. The van der Waals surface area contributed by atoms with Crippen LogP contribution < -0.4 is 15.3 Å². The van der Waals surface area contributed by atoms with E-state index in [9.17, 15) is 9.59 Å². The van der Waals surface area contributed by atoms with E-state index in [1.165, 1.54) is 0 Å². The number of ether oxygens (including phenoxy) is 2. The summed E-state index contributed by atoms with van der Waals surface area (Å²) in [6, 6.07) is 9.09. The third-order valence-corrected chi connectivity index (χ3v) is 6.41. The highest BCUT2D eigenvalue weighted by atomic mass is 35.5. The Morgan fingerprint density at radius 2 is 1.88 bits per heavy atom. The number of carbonyl (C=O) groups excluding carboxylic acids is 1. The highest BCUT2D eigenvalue weighted by molar-refractivity contribution is 6.33. The summed E-state index contributed by atoms with van der Waals surface area (Å²) in [6.07, 6.45) is 4.44. The SMILES string of the molecule is CCCOC(=O)c1ccc(N2COc3c(Cl)cc4c5c(c(=O)oc4c3C2)CCCC5)cc1. The van der Waals surface area contributed by atoms with Crippen LogP contribution in [0.25, 0.3) is 11.0 Å². The minimum atomic E-state index is -0.331. The largest absolute Gasteiger partial charge is 0.471 e. The van der Waals surface area contributed by atoms with Crippen LogP contribution in [0.4, 0.5) is 5.69 Å². The second kappa shape index (κ2) is 8.51. The van der Waals surface area contributed by atoms with Gasteiger partial charge in [-0.05, 0) is 68.0 Å². The molecule has 3 aromatic rings. The Labute approximate surface area is 190 Å². The molecule has 7 heteroatoms. The summed E-state index contributed by atoms with van der Waals surface area (Å²) in [6.45, 7) is 3.14. The Hall–Kier alpha value is -2.99. The van der Waals surface area contributed by atoms with Crippen LogP contribution in [0.15, 0.2) is 39.5 Å². The van der Waals surface area contributed by atoms with Crippen LogP contribution >= 0.6 is 11.6 Å². The Balaban J connectivity index is 1.50. The number of aryl methyl sites for hydroxylation is 1. The smallest absolute Gasteiger partial charge is 0.339 e. The predicted molar refractivity (Wildman–Crippen MR) is 123 cm³/mol. The van der Waals surface area contributed by atoms with E-state index in [0.29, 0.717) is 41.8 Å². The van der Waals surface area contributed by atoms with Crippen LogP contribution in [0.2, 0.25) is 5.02 Å². The predicted octanol–water partition coefficient (Wildman–Crippen LogP) is 5.25. The number of benzene rings is 2. The number of nitrogens with zero attached hydrogens (tertiary/aromatic N) is 1. The maximum atomic E-state index is 12.7. The van der Waals surface area contributed by atoms with Crippen molar-refractivity contribution < 1.29 is 18.7 Å². The van der Waals surface area contributed by atoms with Crippen molar-refractivity contribution in [3.8, 4) is 5.75 Å². The molecule has 0 N–H and O–H groups in total. The fourth-order valence-corrected chi connectivity index (χ4v) is 4.80. The molecule has 32 heavy (non-hydrogen) atoms. The number of halogens is 1. The third kappa shape index (κ3) is 3.62. The monoisotopic (exact) mass is 453 g/mol. The number of carbonyl (C=O) groups is 1. The van der Waals surface area contributed by atoms with E-state index in [-0.39, 0.29) is 11.6 Å². The van der Waals surface area contributed by atoms with Gasteiger partial charge in [-0.1, -0.05) is 18.5 Å². The standard InChI is InChI=1S/C25H24ClNO5/c1-2-11-30-24(28)15-7-9-16(10-8-15)27-13-20-22-19(12-21(26)23(20)31-14-27)17-5-3-4-6-18(17)25(29)32-22/h7-10,12H,2-6,11,13-14H2,1H3. The molecule has 0 spiro atoms. The number of hydrogen-bond acceptors (Lipinski definition) is 6. The Kier molecular flexibility index (Phi) is 5.55. The van der Waals surface area contributed by atoms with Gasteiger partial charge in [-0.2, -0.15) is 0 Å². The van der Waals surface area contributed by atoms with E-state index in [2.05, 4.69) is 0 Å². The van der Waals surface area contributed by atoms with Crippen molar-refractivity contribution >= 4 is 34.2 Å². The van der Waals surface area contributed by atoms with Crippen LogP contribution in [-0.4, -0.2) is 19.3 Å². The van der Waals surface area contributed by atoms with Gasteiger partial charge in [-0.15, -0.1) is 0 Å². The molecule has 5 rings (SSSR count). The lowest BCUT2D eigenvalue weighted by atomic mass is 9.90. The minimum Gasteiger partial charge on any atom is -0.471 e. The number of fused-ring (bicyclic) bond motifs is 5. The lowest BCUT2D eigenvalue weighted by Gasteiger charge is -2.32. The zero-order chi connectivity index (χ0) is 22.2. The lowest BCUT2D eigenvalue weighted by molar-refractivity contribution is 0.0505. The Morgan fingerprint density at radius 3 is 2.62 bits per heavy atom. The van der Waals surface area contributed by atoms with Crippen LogP contribution in [0.5, 0.6) is 5.75 Å². The topological polar surface area (TPSA) is 69.0 Å². The molecule has 1 aliphatic carbocycles. The van der Waals surface area contributed by atoms with E-state index < -0.39 is 0 Å². The zero-order valence-electron chi connectivity index (χ0n) is 17.9. The van der Waals surface area contributed by atoms with Gasteiger partial charge < -0.3 is 18.8 Å². The van der Waals surface area contributed by atoms with Crippen LogP contribution in [-0.2, 0) is 24.1 Å². The van der Waals surface area contributed by atoms with Gasteiger partial charge in [0, 0.05) is 16.6 Å². The number of esters is 1. The van der Waals surface area contributed by atoms with Crippen molar-refractivity contribution in [3.63, 3.8) is 0 Å². The van der Waals surface area contributed by atoms with E-state index in [1.54, 1.807) is 12.1 Å². The van der Waals surface area contributed by atoms with Gasteiger partial charge in [0.05, 0.1) is 29.3 Å². The molecule has 2 aliphatic rings. The Morgan fingerprint density at radius 1 is 1.12 bits per heavy atom. The molecule has 0 saturated carbocycles. The summed E-state index contributed by atoms with van der Waals surface area (Å²) in [5, 5.41) is 1.44. The highest BCUT2D eigenvalue weighted by Crippen LogP contribution is 2.41. The number of anilines is 1. The van der Waals surface area contributed by atoms with Crippen molar-refractivity contribution in [2.75, 3.05) is 18.2 Å². The fourth-order valence-electron chi connectivity index (χ4n) is 4.52. The quantitative estimate of drug-likeness (QED) is 0.397. The molecule has 0 bridgehead atoms. The van der Waals surface area contributed by atoms with Crippen LogP contribution in [0, 0.1) is 0 Å². The van der Waals surface area contributed by atoms with Crippen molar-refractivity contribution in [2.24, 2.45) is 0 Å². The third-order valence-electron chi connectivity index (χ3n) is 6.13. The highest BCUT2D eigenvalue weighted by Gasteiger charge is 2.27. The maximum absolute atomic E-state index is 12.7. The van der Waals surface area contributed by atoms with E-state index in [1.807, 2.05) is 30.0 Å². The van der Waals surface area contributed by atoms with Crippen LogP contribution in [0.3, 0.4) is 0 Å². The molecule has 1 aliphatic heterocycles. The normalized spacial score (nSPS) is 15.1. The zero-order valence-corrected chi connectivity index (χ0v) is 18.7. The van der Waals surface area contributed by atoms with Gasteiger partial charge in [0.15, 0.2) is 6.73 Å². The first kappa shape index (κ1) is 20.9. The summed E-state index contributed by atoms with van der Waals surface area (Å²) < 4.78 is 17.0. The molecule has 2 heterocycles. The van der Waals surface area contributed by atoms with Gasteiger partial charge >= 0.3 is 11.6 Å². The molecule has 0 amide bonds. The molecule has 6 nitrogen and oxygen atoms in total. The van der Waals surface area contributed by atoms with Crippen molar-refractivity contribution in [3.05, 3.63) is 68.0 Å². The van der Waals surface area contributed by atoms with Gasteiger partial charge in [0.25, 0.3) is 0 Å². The molecule has 0 unspecified atom stereocenters. The molecular weight excluding hydrogens is 430 g/mol.